The largest absolute Gasteiger partial charge is 0.394 e. The van der Waals surface area contributed by atoms with E-state index in [0.717, 1.165) is 12.8 Å². The van der Waals surface area contributed by atoms with Gasteiger partial charge in [0.05, 0.1) is 30.6 Å². The standard InChI is InChI=1S/C23H33N3O5/c1-4-6-12-25-13-8-10-23-18(17-16(31-23)9-7-11-24(3)20(17)28)21(29)26(15(5-2)14-27)19(23)22(25)30/h7-10,15-19,27H,4-6,11-14H2,1-3H3/t15-,16-,17+,18-,19?,23-/m0/s1. The van der Waals surface area contributed by atoms with Crippen LogP contribution in [0.15, 0.2) is 24.3 Å². The number of likely N-dealkylation sites (tertiary alicyclic amines) is 1. The van der Waals surface area contributed by atoms with E-state index < -0.39 is 35.6 Å². The van der Waals surface area contributed by atoms with Crippen molar-refractivity contribution in [1.82, 2.24) is 14.7 Å². The summed E-state index contributed by atoms with van der Waals surface area (Å²) in [5.74, 6) is -2.05. The van der Waals surface area contributed by atoms with E-state index in [4.69, 9.17) is 4.74 Å². The van der Waals surface area contributed by atoms with Gasteiger partial charge in [-0.1, -0.05) is 44.6 Å². The summed E-state index contributed by atoms with van der Waals surface area (Å²) in [6.45, 7) is 5.23. The van der Waals surface area contributed by atoms with Gasteiger partial charge in [0.25, 0.3) is 0 Å². The van der Waals surface area contributed by atoms with Gasteiger partial charge in [-0.05, 0) is 12.8 Å². The number of carbonyl (C=O) groups is 3. The van der Waals surface area contributed by atoms with E-state index in [9.17, 15) is 19.5 Å². The minimum atomic E-state index is -1.20. The third-order valence-corrected chi connectivity index (χ3v) is 7.24. The first-order chi connectivity index (χ1) is 14.9. The molecule has 0 bridgehead atoms. The molecule has 0 aromatic carbocycles. The molecule has 31 heavy (non-hydrogen) atoms. The van der Waals surface area contributed by atoms with Crippen molar-refractivity contribution in [1.29, 1.82) is 0 Å². The first-order valence-corrected chi connectivity index (χ1v) is 11.4. The molecule has 2 saturated heterocycles. The normalized spacial score (nSPS) is 35.7. The summed E-state index contributed by atoms with van der Waals surface area (Å²) in [7, 11) is 1.72. The van der Waals surface area contributed by atoms with E-state index in [1.807, 2.05) is 31.2 Å². The Balaban J connectivity index is 1.83. The number of hydrogen-bond acceptors (Lipinski definition) is 5. The first-order valence-electron chi connectivity index (χ1n) is 11.4. The van der Waals surface area contributed by atoms with Crippen LogP contribution in [-0.2, 0) is 19.1 Å². The lowest BCUT2D eigenvalue weighted by Crippen LogP contribution is -2.58. The molecule has 2 fully saturated rings. The number of likely N-dealkylation sites (N-methyl/N-ethyl adjacent to an activating group) is 1. The maximum atomic E-state index is 13.8. The lowest BCUT2D eigenvalue weighted by molar-refractivity contribution is -0.151. The maximum Gasteiger partial charge on any atom is 0.249 e. The molecule has 1 spiro atoms. The number of aliphatic hydroxyl groups excluding tert-OH is 1. The van der Waals surface area contributed by atoms with Crippen molar-refractivity contribution in [2.24, 2.45) is 11.8 Å². The van der Waals surface area contributed by atoms with Gasteiger partial charge in [0.15, 0.2) is 0 Å². The SMILES string of the molecule is CCCCN1CC=C[C@]23O[C@H]4C=CCN(C)C(=O)[C@H]4[C@H]2C(=O)N([C@@H](CC)CO)C3C1=O. The Morgan fingerprint density at radius 2 is 1.94 bits per heavy atom. The summed E-state index contributed by atoms with van der Waals surface area (Å²) in [6, 6.07) is -1.38. The first kappa shape index (κ1) is 22.0. The fourth-order valence-corrected chi connectivity index (χ4v) is 5.61. The van der Waals surface area contributed by atoms with Crippen LogP contribution < -0.4 is 0 Å². The van der Waals surface area contributed by atoms with Crippen molar-refractivity contribution in [3.63, 3.8) is 0 Å². The molecule has 6 atom stereocenters. The van der Waals surface area contributed by atoms with Crippen molar-refractivity contribution in [2.75, 3.05) is 33.3 Å². The zero-order valence-corrected chi connectivity index (χ0v) is 18.6. The minimum absolute atomic E-state index is 0.143. The quantitative estimate of drug-likeness (QED) is 0.621. The Kier molecular flexibility index (Phi) is 5.96. The molecule has 1 unspecified atom stereocenters. The number of nitrogens with zero attached hydrogens (tertiary/aromatic N) is 3. The zero-order valence-electron chi connectivity index (χ0n) is 18.6. The molecular formula is C23H33N3O5. The highest BCUT2D eigenvalue weighted by Crippen LogP contribution is 2.54. The van der Waals surface area contributed by atoms with E-state index in [1.165, 1.54) is 4.90 Å². The average Bonchev–Trinajstić information content (AvgIpc) is 3.09. The maximum absolute atomic E-state index is 13.8. The van der Waals surface area contributed by atoms with Crippen LogP contribution in [0.3, 0.4) is 0 Å². The van der Waals surface area contributed by atoms with Crippen LogP contribution in [0.1, 0.15) is 33.1 Å². The number of carbonyl (C=O) groups excluding carboxylic acids is 3. The molecule has 4 aliphatic heterocycles. The topological polar surface area (TPSA) is 90.4 Å². The fraction of sp³-hybridized carbons (Fsp3) is 0.696. The molecule has 0 saturated carbocycles. The number of rotatable bonds is 6. The van der Waals surface area contributed by atoms with Crippen LogP contribution in [0, 0.1) is 11.8 Å². The van der Waals surface area contributed by atoms with Crippen molar-refractivity contribution in [2.45, 2.75) is 56.9 Å². The van der Waals surface area contributed by atoms with Gasteiger partial charge in [0.2, 0.25) is 17.7 Å². The van der Waals surface area contributed by atoms with Gasteiger partial charge in [-0.3, -0.25) is 14.4 Å². The highest BCUT2D eigenvalue weighted by molar-refractivity contribution is 6.00. The van der Waals surface area contributed by atoms with Crippen molar-refractivity contribution in [3.05, 3.63) is 24.3 Å². The van der Waals surface area contributed by atoms with Crippen LogP contribution in [0.5, 0.6) is 0 Å². The summed E-state index contributed by atoms with van der Waals surface area (Å²) in [6.07, 6.45) is 9.27. The molecule has 8 nitrogen and oxygen atoms in total. The van der Waals surface area contributed by atoms with E-state index in [-0.39, 0.29) is 24.3 Å². The lowest BCUT2D eigenvalue weighted by Gasteiger charge is -2.38. The molecule has 4 aliphatic rings. The molecule has 8 heteroatoms. The average molecular weight is 432 g/mol. The van der Waals surface area contributed by atoms with E-state index in [0.29, 0.717) is 26.1 Å². The van der Waals surface area contributed by atoms with Gasteiger partial charge in [-0.25, -0.2) is 0 Å². The van der Waals surface area contributed by atoms with Crippen LogP contribution in [0.25, 0.3) is 0 Å². The molecule has 0 aliphatic carbocycles. The smallest absolute Gasteiger partial charge is 0.249 e. The second kappa shape index (κ2) is 8.39. The van der Waals surface area contributed by atoms with Crippen LogP contribution in [0.2, 0.25) is 0 Å². The Hall–Kier alpha value is -2.19. The van der Waals surface area contributed by atoms with E-state index in [2.05, 4.69) is 6.92 Å². The van der Waals surface area contributed by atoms with Crippen LogP contribution in [-0.4, -0.2) is 94.6 Å². The van der Waals surface area contributed by atoms with Gasteiger partial charge in [0, 0.05) is 26.7 Å². The molecule has 0 radical (unpaired) electrons. The predicted octanol–water partition coefficient (Wildman–Crippen LogP) is 0.565. The third-order valence-electron chi connectivity index (χ3n) is 7.24. The highest BCUT2D eigenvalue weighted by atomic mass is 16.5. The van der Waals surface area contributed by atoms with Crippen molar-refractivity contribution in [3.8, 4) is 0 Å². The van der Waals surface area contributed by atoms with Crippen LogP contribution in [0.4, 0.5) is 0 Å². The number of aliphatic hydroxyl groups is 1. The van der Waals surface area contributed by atoms with Crippen molar-refractivity contribution >= 4 is 17.7 Å². The molecule has 1 N–H and O–H groups in total. The highest BCUT2D eigenvalue weighted by Gasteiger charge is 2.72. The minimum Gasteiger partial charge on any atom is -0.394 e. The van der Waals surface area contributed by atoms with Gasteiger partial charge >= 0.3 is 0 Å². The molecule has 0 aromatic rings. The number of unbranched alkanes of at least 4 members (excludes halogenated alkanes) is 1. The Morgan fingerprint density at radius 1 is 1.16 bits per heavy atom. The number of fused-ring (bicyclic) bond motifs is 2. The monoisotopic (exact) mass is 431 g/mol. The summed E-state index contributed by atoms with van der Waals surface area (Å²) in [4.78, 5) is 45.8. The molecule has 4 rings (SSSR count). The molecule has 0 aromatic heterocycles. The second-order valence-electron chi connectivity index (χ2n) is 9.02. The van der Waals surface area contributed by atoms with E-state index in [1.54, 1.807) is 16.8 Å². The Bertz CT molecular complexity index is 807. The third kappa shape index (κ3) is 3.22. The Morgan fingerprint density at radius 3 is 2.61 bits per heavy atom. The number of ether oxygens (including phenoxy) is 1. The predicted molar refractivity (Wildman–Crippen MR) is 114 cm³/mol. The Labute approximate surface area is 183 Å². The molecule has 170 valence electrons. The summed E-state index contributed by atoms with van der Waals surface area (Å²) < 4.78 is 6.51. The van der Waals surface area contributed by atoms with Gasteiger partial charge in [-0.15, -0.1) is 0 Å². The summed E-state index contributed by atoms with van der Waals surface area (Å²) in [5, 5.41) is 10.0. The van der Waals surface area contributed by atoms with Crippen molar-refractivity contribution < 1.29 is 24.2 Å². The molecular weight excluding hydrogens is 398 g/mol. The fourth-order valence-electron chi connectivity index (χ4n) is 5.61. The number of amides is 3. The molecule has 3 amide bonds. The molecule has 4 heterocycles. The van der Waals surface area contributed by atoms with E-state index >= 15 is 0 Å². The van der Waals surface area contributed by atoms with Gasteiger partial charge in [0.1, 0.15) is 11.6 Å². The van der Waals surface area contributed by atoms with Gasteiger partial charge < -0.3 is 24.5 Å². The lowest BCUT2D eigenvalue weighted by atomic mass is 9.77. The summed E-state index contributed by atoms with van der Waals surface area (Å²) in [5.41, 5.74) is -1.20. The second-order valence-corrected chi connectivity index (χ2v) is 9.02. The van der Waals surface area contributed by atoms with Gasteiger partial charge in [-0.2, -0.15) is 0 Å². The zero-order chi connectivity index (χ0) is 22.3. The summed E-state index contributed by atoms with van der Waals surface area (Å²) >= 11 is 0. The number of hydrogen-bond donors (Lipinski definition) is 1. The van der Waals surface area contributed by atoms with Crippen LogP contribution >= 0.6 is 0 Å².